The average molecular weight is 278 g/mol. The monoisotopic (exact) mass is 278 g/mol. The van der Waals surface area contributed by atoms with Crippen molar-refractivity contribution in [2.45, 2.75) is 45.2 Å². The molecule has 0 aromatic carbocycles. The van der Waals surface area contributed by atoms with E-state index in [1.54, 1.807) is 4.90 Å². The van der Waals surface area contributed by atoms with Gasteiger partial charge in [0.15, 0.2) is 0 Å². The van der Waals surface area contributed by atoms with E-state index in [9.17, 15) is 14.7 Å². The van der Waals surface area contributed by atoms with Gasteiger partial charge in [0.25, 0.3) is 0 Å². The van der Waals surface area contributed by atoms with E-state index in [0.29, 0.717) is 12.1 Å². The Hall–Kier alpha value is -2.05. The van der Waals surface area contributed by atoms with Gasteiger partial charge in [-0.05, 0) is 33.1 Å². The van der Waals surface area contributed by atoms with Gasteiger partial charge in [0.1, 0.15) is 0 Å². The molecule has 2 saturated heterocycles. The number of H-pyrrole nitrogens is 1. The van der Waals surface area contributed by atoms with Crippen molar-refractivity contribution in [3.05, 3.63) is 11.4 Å². The minimum atomic E-state index is -0.800. The van der Waals surface area contributed by atoms with E-state index in [1.165, 1.54) is 0 Å². The molecule has 1 aromatic rings. The molecule has 2 bridgehead atoms. The van der Waals surface area contributed by atoms with E-state index in [1.807, 2.05) is 13.8 Å². The Morgan fingerprint density at radius 1 is 1.40 bits per heavy atom. The van der Waals surface area contributed by atoms with Crippen LogP contribution in [0.3, 0.4) is 0 Å². The average Bonchev–Trinajstić information content (AvgIpc) is 3.06. The number of anilines is 1. The molecule has 7 nitrogen and oxygen atoms in total. The topological polar surface area (TPSA) is 98.3 Å². The number of carboxylic acids is 1. The summed E-state index contributed by atoms with van der Waals surface area (Å²) in [6, 6.07) is -0.340. The first-order chi connectivity index (χ1) is 9.49. The number of nitrogens with zero attached hydrogens (tertiary/aromatic N) is 2. The SMILES string of the molecule is Cc1n[nH]c(C)c1NC(=O)N1C2CCC1C(C(=O)O)C2. The Morgan fingerprint density at radius 2 is 2.15 bits per heavy atom. The summed E-state index contributed by atoms with van der Waals surface area (Å²) >= 11 is 0. The van der Waals surface area contributed by atoms with Crippen LogP contribution in [0.2, 0.25) is 0 Å². The van der Waals surface area contributed by atoms with Gasteiger partial charge in [-0.3, -0.25) is 9.89 Å². The molecule has 108 valence electrons. The van der Waals surface area contributed by atoms with Crippen molar-refractivity contribution in [2.24, 2.45) is 5.92 Å². The van der Waals surface area contributed by atoms with Gasteiger partial charge in [-0.2, -0.15) is 5.10 Å². The Kier molecular flexibility index (Phi) is 2.92. The van der Waals surface area contributed by atoms with Gasteiger partial charge in [0, 0.05) is 12.1 Å². The number of aliphatic carboxylic acids is 1. The zero-order valence-corrected chi connectivity index (χ0v) is 11.5. The van der Waals surface area contributed by atoms with Crippen LogP contribution in [0.1, 0.15) is 30.7 Å². The zero-order valence-electron chi connectivity index (χ0n) is 11.5. The number of aromatic nitrogens is 2. The lowest BCUT2D eigenvalue weighted by atomic mass is 9.89. The van der Waals surface area contributed by atoms with E-state index in [2.05, 4.69) is 15.5 Å². The van der Waals surface area contributed by atoms with Gasteiger partial charge in [-0.1, -0.05) is 0 Å². The predicted octanol–water partition coefficient (Wildman–Crippen LogP) is 1.50. The maximum absolute atomic E-state index is 12.4. The first kappa shape index (κ1) is 13.0. The van der Waals surface area contributed by atoms with Crippen molar-refractivity contribution in [3.8, 4) is 0 Å². The largest absolute Gasteiger partial charge is 0.481 e. The number of aromatic amines is 1. The summed E-state index contributed by atoms with van der Waals surface area (Å²) < 4.78 is 0. The summed E-state index contributed by atoms with van der Waals surface area (Å²) in [5, 5.41) is 18.9. The second-order valence-corrected chi connectivity index (χ2v) is 5.63. The molecule has 3 N–H and O–H groups in total. The minimum absolute atomic E-state index is 0.0496. The second kappa shape index (κ2) is 4.50. The summed E-state index contributed by atoms with van der Waals surface area (Å²) in [5.74, 6) is -1.23. The minimum Gasteiger partial charge on any atom is -0.481 e. The first-order valence-corrected chi connectivity index (χ1v) is 6.82. The maximum Gasteiger partial charge on any atom is 0.322 e. The van der Waals surface area contributed by atoms with E-state index in [-0.39, 0.29) is 18.1 Å². The number of amides is 2. The van der Waals surface area contributed by atoms with Crippen LogP contribution < -0.4 is 5.32 Å². The number of aryl methyl sites for hydroxylation is 2. The predicted molar refractivity (Wildman–Crippen MR) is 71.5 cm³/mol. The van der Waals surface area contributed by atoms with Gasteiger partial charge in [-0.15, -0.1) is 0 Å². The second-order valence-electron chi connectivity index (χ2n) is 5.63. The number of urea groups is 1. The molecule has 2 aliphatic heterocycles. The molecule has 3 heterocycles. The highest BCUT2D eigenvalue weighted by atomic mass is 16.4. The molecule has 3 rings (SSSR count). The summed E-state index contributed by atoms with van der Waals surface area (Å²) in [5.41, 5.74) is 2.22. The third-order valence-electron chi connectivity index (χ3n) is 4.45. The van der Waals surface area contributed by atoms with Crippen molar-refractivity contribution >= 4 is 17.7 Å². The molecule has 3 unspecified atom stereocenters. The lowest BCUT2D eigenvalue weighted by molar-refractivity contribution is -0.142. The number of fused-ring (bicyclic) bond motifs is 2. The Morgan fingerprint density at radius 3 is 2.70 bits per heavy atom. The van der Waals surface area contributed by atoms with Gasteiger partial charge in [0.05, 0.1) is 23.0 Å². The van der Waals surface area contributed by atoms with Crippen LogP contribution in [0, 0.1) is 19.8 Å². The van der Waals surface area contributed by atoms with E-state index in [4.69, 9.17) is 0 Å². The van der Waals surface area contributed by atoms with Crippen molar-refractivity contribution in [1.29, 1.82) is 0 Å². The number of nitrogens with one attached hydrogen (secondary N) is 2. The molecule has 20 heavy (non-hydrogen) atoms. The van der Waals surface area contributed by atoms with E-state index >= 15 is 0 Å². The number of rotatable bonds is 2. The quantitative estimate of drug-likeness (QED) is 0.763. The molecule has 7 heteroatoms. The highest BCUT2D eigenvalue weighted by Crippen LogP contribution is 2.42. The summed E-state index contributed by atoms with van der Waals surface area (Å²) in [6.07, 6.45) is 2.24. The fourth-order valence-electron chi connectivity index (χ4n) is 3.48. The van der Waals surface area contributed by atoms with Gasteiger partial charge in [0.2, 0.25) is 0 Å². The molecule has 2 aliphatic rings. The molecule has 0 radical (unpaired) electrons. The first-order valence-electron chi connectivity index (χ1n) is 6.82. The summed E-state index contributed by atoms with van der Waals surface area (Å²) in [4.78, 5) is 25.4. The molecule has 0 spiro atoms. The van der Waals surface area contributed by atoms with Crippen LogP contribution in [0.4, 0.5) is 10.5 Å². The zero-order chi connectivity index (χ0) is 14.4. The number of carboxylic acid groups (broad SMARTS) is 1. The smallest absolute Gasteiger partial charge is 0.322 e. The van der Waals surface area contributed by atoms with Crippen molar-refractivity contribution < 1.29 is 14.7 Å². The molecule has 1 aromatic heterocycles. The number of carbonyl (C=O) groups excluding carboxylic acids is 1. The van der Waals surface area contributed by atoms with Crippen LogP contribution in [-0.2, 0) is 4.79 Å². The lowest BCUT2D eigenvalue weighted by Crippen LogP contribution is -2.40. The maximum atomic E-state index is 12.4. The van der Waals surface area contributed by atoms with Crippen molar-refractivity contribution in [2.75, 3.05) is 5.32 Å². The third kappa shape index (κ3) is 1.85. The molecular formula is C13H18N4O3. The van der Waals surface area contributed by atoms with Gasteiger partial charge < -0.3 is 15.3 Å². The van der Waals surface area contributed by atoms with Gasteiger partial charge >= 0.3 is 12.0 Å². The van der Waals surface area contributed by atoms with E-state index < -0.39 is 11.9 Å². The Bertz CT molecular complexity index is 548. The fraction of sp³-hybridized carbons (Fsp3) is 0.615. The van der Waals surface area contributed by atoms with Crippen LogP contribution in [0.15, 0.2) is 0 Å². The van der Waals surface area contributed by atoms with Crippen LogP contribution in [-0.4, -0.2) is 44.3 Å². The molecule has 0 saturated carbocycles. The molecule has 0 aliphatic carbocycles. The molecule has 3 atom stereocenters. The number of hydrogen-bond donors (Lipinski definition) is 3. The highest BCUT2D eigenvalue weighted by Gasteiger charge is 2.51. The number of hydrogen-bond acceptors (Lipinski definition) is 3. The molecule has 2 amide bonds. The molecular weight excluding hydrogens is 260 g/mol. The lowest BCUT2D eigenvalue weighted by Gasteiger charge is -2.23. The van der Waals surface area contributed by atoms with Crippen LogP contribution in [0.5, 0.6) is 0 Å². The number of carbonyl (C=O) groups is 2. The summed E-state index contributed by atoms with van der Waals surface area (Å²) in [7, 11) is 0. The van der Waals surface area contributed by atoms with Crippen LogP contribution in [0.25, 0.3) is 0 Å². The third-order valence-corrected chi connectivity index (χ3v) is 4.45. The highest BCUT2D eigenvalue weighted by molar-refractivity contribution is 5.92. The normalized spacial score (nSPS) is 27.9. The van der Waals surface area contributed by atoms with Gasteiger partial charge in [-0.25, -0.2) is 4.79 Å². The standard InChI is InChI=1S/C13H18N4O3/c1-6-11(7(2)16-15-6)14-13(20)17-8-3-4-10(17)9(5-8)12(18)19/h8-10H,3-5H2,1-2H3,(H,14,20)(H,15,16)(H,18,19). The Balaban J connectivity index is 1.77. The van der Waals surface area contributed by atoms with Crippen LogP contribution >= 0.6 is 0 Å². The fourth-order valence-corrected chi connectivity index (χ4v) is 3.48. The van der Waals surface area contributed by atoms with Crippen molar-refractivity contribution in [3.63, 3.8) is 0 Å². The Labute approximate surface area is 116 Å². The van der Waals surface area contributed by atoms with E-state index in [0.717, 1.165) is 24.2 Å². The molecule has 2 fully saturated rings. The summed E-state index contributed by atoms with van der Waals surface area (Å²) in [6.45, 7) is 3.66. The van der Waals surface area contributed by atoms with Crippen molar-refractivity contribution in [1.82, 2.24) is 15.1 Å².